The molecule has 5 heteroatoms. The Labute approximate surface area is 107 Å². The first-order valence-corrected chi connectivity index (χ1v) is 7.19. The number of thioether (sulfide) groups is 1. The molecule has 1 rings (SSSR count). The van der Waals surface area contributed by atoms with Gasteiger partial charge in [-0.3, -0.25) is 9.59 Å². The van der Waals surface area contributed by atoms with Crippen LogP contribution in [0.2, 0.25) is 0 Å². The highest BCUT2D eigenvalue weighted by atomic mass is 32.2. The highest BCUT2D eigenvalue weighted by molar-refractivity contribution is 8.00. The summed E-state index contributed by atoms with van der Waals surface area (Å²) in [7, 11) is 0. The van der Waals surface area contributed by atoms with E-state index < -0.39 is 11.4 Å². The predicted molar refractivity (Wildman–Crippen MR) is 69.1 cm³/mol. The molecule has 0 aliphatic heterocycles. The van der Waals surface area contributed by atoms with Gasteiger partial charge in [0.2, 0.25) is 5.91 Å². The van der Waals surface area contributed by atoms with Crippen LogP contribution in [0.5, 0.6) is 0 Å². The molecule has 17 heavy (non-hydrogen) atoms. The first-order chi connectivity index (χ1) is 8.02. The molecule has 2 N–H and O–H groups in total. The Kier molecular flexibility index (Phi) is 5.31. The van der Waals surface area contributed by atoms with Crippen molar-refractivity contribution in [1.29, 1.82) is 0 Å². The minimum Gasteiger partial charge on any atom is -0.481 e. The predicted octanol–water partition coefficient (Wildman–Crippen LogP) is 1.89. The summed E-state index contributed by atoms with van der Waals surface area (Å²) >= 11 is 1.63. The molecular formula is C12H21NO3S. The number of hydrogen-bond donors (Lipinski definition) is 2. The maximum atomic E-state index is 11.7. The van der Waals surface area contributed by atoms with Crippen molar-refractivity contribution in [2.45, 2.75) is 44.8 Å². The third-order valence-corrected chi connectivity index (χ3v) is 4.38. The lowest BCUT2D eigenvalue weighted by Crippen LogP contribution is -2.38. The first-order valence-electron chi connectivity index (χ1n) is 6.14. The number of nitrogens with one attached hydrogen (secondary N) is 1. The van der Waals surface area contributed by atoms with Gasteiger partial charge in [-0.25, -0.2) is 0 Å². The maximum Gasteiger partial charge on any atom is 0.311 e. The molecule has 0 heterocycles. The Morgan fingerprint density at radius 3 is 2.59 bits per heavy atom. The average Bonchev–Trinajstić information content (AvgIpc) is 3.07. The third kappa shape index (κ3) is 4.22. The molecule has 1 amide bonds. The van der Waals surface area contributed by atoms with Crippen LogP contribution in [-0.4, -0.2) is 34.5 Å². The van der Waals surface area contributed by atoms with Crippen molar-refractivity contribution in [3.05, 3.63) is 0 Å². The molecule has 1 saturated carbocycles. The number of carboxylic acids is 1. The lowest BCUT2D eigenvalue weighted by molar-refractivity contribution is -0.143. The van der Waals surface area contributed by atoms with E-state index in [-0.39, 0.29) is 17.7 Å². The zero-order valence-electron chi connectivity index (χ0n) is 10.5. The number of unbranched alkanes of at least 4 members (excludes halogenated alkanes) is 1. The number of rotatable bonds is 8. The minimum atomic E-state index is -0.788. The molecule has 1 unspecified atom stereocenters. The normalized spacial score (nSPS) is 18.5. The Hall–Kier alpha value is -0.710. The summed E-state index contributed by atoms with van der Waals surface area (Å²) in [5.74, 6) is 0.150. The fourth-order valence-corrected chi connectivity index (χ4v) is 2.54. The Morgan fingerprint density at radius 2 is 2.12 bits per heavy atom. The van der Waals surface area contributed by atoms with Gasteiger partial charge in [0.15, 0.2) is 0 Å². The van der Waals surface area contributed by atoms with E-state index in [0.717, 1.165) is 18.6 Å². The number of hydrogen-bond acceptors (Lipinski definition) is 3. The van der Waals surface area contributed by atoms with Crippen molar-refractivity contribution in [3.63, 3.8) is 0 Å². The lowest BCUT2D eigenvalue weighted by Gasteiger charge is -2.14. The summed E-state index contributed by atoms with van der Waals surface area (Å²) in [6.07, 6.45) is 3.60. The zero-order chi connectivity index (χ0) is 12.9. The molecular weight excluding hydrogens is 238 g/mol. The van der Waals surface area contributed by atoms with Gasteiger partial charge in [-0.2, -0.15) is 0 Å². The molecule has 1 fully saturated rings. The molecule has 0 bridgehead atoms. The lowest BCUT2D eigenvalue weighted by atomic mass is 10.1. The maximum absolute atomic E-state index is 11.7. The molecule has 1 aliphatic rings. The van der Waals surface area contributed by atoms with Crippen LogP contribution in [-0.2, 0) is 9.59 Å². The quantitative estimate of drug-likeness (QED) is 0.653. The number of carbonyl (C=O) groups excluding carboxylic acids is 1. The van der Waals surface area contributed by atoms with Crippen molar-refractivity contribution in [3.8, 4) is 0 Å². The molecule has 4 nitrogen and oxygen atoms in total. The van der Waals surface area contributed by atoms with Crippen LogP contribution in [0.3, 0.4) is 0 Å². The summed E-state index contributed by atoms with van der Waals surface area (Å²) in [6, 6.07) is 0. The van der Waals surface area contributed by atoms with Crippen LogP contribution in [0.4, 0.5) is 0 Å². The van der Waals surface area contributed by atoms with E-state index in [1.54, 1.807) is 11.8 Å². The third-order valence-electron chi connectivity index (χ3n) is 3.14. The summed E-state index contributed by atoms with van der Waals surface area (Å²) in [5.41, 5.74) is -0.663. The summed E-state index contributed by atoms with van der Waals surface area (Å²) in [5, 5.41) is 11.6. The van der Waals surface area contributed by atoms with Gasteiger partial charge in [-0.05, 0) is 31.9 Å². The van der Waals surface area contributed by atoms with Gasteiger partial charge in [-0.1, -0.05) is 13.3 Å². The second-order valence-corrected chi connectivity index (χ2v) is 6.12. The van der Waals surface area contributed by atoms with Crippen LogP contribution in [0, 0.1) is 5.41 Å². The van der Waals surface area contributed by atoms with Crippen LogP contribution < -0.4 is 5.32 Å². The van der Waals surface area contributed by atoms with Crippen molar-refractivity contribution < 1.29 is 14.7 Å². The topological polar surface area (TPSA) is 66.4 Å². The van der Waals surface area contributed by atoms with E-state index >= 15 is 0 Å². The van der Waals surface area contributed by atoms with Gasteiger partial charge >= 0.3 is 5.97 Å². The van der Waals surface area contributed by atoms with Gasteiger partial charge in [0.1, 0.15) is 0 Å². The number of carbonyl (C=O) groups is 2. The highest BCUT2D eigenvalue weighted by Crippen LogP contribution is 2.45. The molecule has 1 atom stereocenters. The summed E-state index contributed by atoms with van der Waals surface area (Å²) < 4.78 is 0. The van der Waals surface area contributed by atoms with Gasteiger partial charge in [0.05, 0.1) is 10.7 Å². The minimum absolute atomic E-state index is 0.0429. The van der Waals surface area contributed by atoms with E-state index in [0.29, 0.717) is 12.8 Å². The Morgan fingerprint density at radius 1 is 1.47 bits per heavy atom. The van der Waals surface area contributed by atoms with Crippen molar-refractivity contribution in [1.82, 2.24) is 5.32 Å². The standard InChI is InChI=1S/C12H21NO3S/c1-3-4-7-17-9(2)10(14)13-8-12(5-6-12)11(15)16/h9H,3-8H2,1-2H3,(H,13,14)(H,15,16). The van der Waals surface area contributed by atoms with Gasteiger partial charge in [0, 0.05) is 6.54 Å². The van der Waals surface area contributed by atoms with Crippen LogP contribution in [0.1, 0.15) is 39.5 Å². The van der Waals surface area contributed by atoms with E-state index in [9.17, 15) is 9.59 Å². The zero-order valence-corrected chi connectivity index (χ0v) is 11.3. The molecule has 0 aromatic rings. The van der Waals surface area contributed by atoms with E-state index in [1.807, 2.05) is 6.92 Å². The SMILES string of the molecule is CCCCSC(C)C(=O)NCC1(C(=O)O)CC1. The van der Waals surface area contributed by atoms with Crippen molar-refractivity contribution in [2.24, 2.45) is 5.41 Å². The average molecular weight is 259 g/mol. The molecule has 0 aromatic heterocycles. The summed E-state index contributed by atoms with van der Waals surface area (Å²) in [6.45, 7) is 4.27. The van der Waals surface area contributed by atoms with Gasteiger partial charge < -0.3 is 10.4 Å². The molecule has 1 aliphatic carbocycles. The smallest absolute Gasteiger partial charge is 0.311 e. The van der Waals surface area contributed by atoms with Crippen LogP contribution in [0.15, 0.2) is 0 Å². The Bertz CT molecular complexity index is 289. The van der Waals surface area contributed by atoms with Crippen molar-refractivity contribution in [2.75, 3.05) is 12.3 Å². The molecule has 98 valence electrons. The van der Waals surface area contributed by atoms with E-state index in [4.69, 9.17) is 5.11 Å². The second kappa shape index (κ2) is 6.28. The van der Waals surface area contributed by atoms with Gasteiger partial charge in [0.25, 0.3) is 0 Å². The molecule has 0 aromatic carbocycles. The largest absolute Gasteiger partial charge is 0.481 e. The number of aliphatic carboxylic acids is 1. The number of amides is 1. The molecule has 0 spiro atoms. The van der Waals surface area contributed by atoms with Gasteiger partial charge in [-0.15, -0.1) is 11.8 Å². The number of carboxylic acid groups (broad SMARTS) is 1. The van der Waals surface area contributed by atoms with Crippen LogP contribution >= 0.6 is 11.8 Å². The van der Waals surface area contributed by atoms with E-state index in [2.05, 4.69) is 12.2 Å². The van der Waals surface area contributed by atoms with Crippen molar-refractivity contribution >= 4 is 23.6 Å². The first kappa shape index (κ1) is 14.4. The van der Waals surface area contributed by atoms with Crippen LogP contribution in [0.25, 0.3) is 0 Å². The monoisotopic (exact) mass is 259 g/mol. The molecule has 0 radical (unpaired) electrons. The summed E-state index contributed by atoms with van der Waals surface area (Å²) in [4.78, 5) is 22.6. The highest BCUT2D eigenvalue weighted by Gasteiger charge is 2.50. The fraction of sp³-hybridized carbons (Fsp3) is 0.833. The Balaban J connectivity index is 2.22. The second-order valence-electron chi connectivity index (χ2n) is 4.67. The van der Waals surface area contributed by atoms with E-state index in [1.165, 1.54) is 0 Å². The molecule has 0 saturated heterocycles. The fourth-order valence-electron chi connectivity index (χ4n) is 1.50.